The van der Waals surface area contributed by atoms with Gasteiger partial charge in [-0.15, -0.1) is 11.8 Å². The fraction of sp³-hybridized carbons (Fsp3) is 0.217. The molecule has 2 aromatic carbocycles. The number of hydrogen-bond donors (Lipinski definition) is 1. The molecule has 2 aromatic heterocycles. The number of carbonyl (C=O) groups is 1. The predicted octanol–water partition coefficient (Wildman–Crippen LogP) is 4.97. The molecule has 1 atom stereocenters. The van der Waals surface area contributed by atoms with Crippen LogP contribution in [0.5, 0.6) is 0 Å². The van der Waals surface area contributed by atoms with Crippen LogP contribution in [0.25, 0.3) is 10.9 Å². The Morgan fingerprint density at radius 2 is 2.00 bits per heavy atom. The van der Waals surface area contributed by atoms with Crippen LogP contribution >= 0.6 is 11.8 Å². The van der Waals surface area contributed by atoms with Crippen LogP contribution in [0.1, 0.15) is 39.1 Å². The molecular formula is C23H21N3O2S. The number of carbonyl (C=O) groups excluding carboxylic acids is 1. The molecule has 3 heterocycles. The van der Waals surface area contributed by atoms with Crippen molar-refractivity contribution in [2.75, 3.05) is 12.8 Å². The van der Waals surface area contributed by atoms with Gasteiger partial charge in [0.1, 0.15) is 5.76 Å². The summed E-state index contributed by atoms with van der Waals surface area (Å²) in [5.41, 5.74) is 4.96. The van der Waals surface area contributed by atoms with Gasteiger partial charge < -0.3 is 14.3 Å². The summed E-state index contributed by atoms with van der Waals surface area (Å²) in [5.74, 6) is 0.452. The van der Waals surface area contributed by atoms with Gasteiger partial charge in [-0.3, -0.25) is 4.79 Å². The maximum Gasteiger partial charge on any atom is 0.276 e. The second-order valence-corrected chi connectivity index (χ2v) is 8.12. The summed E-state index contributed by atoms with van der Waals surface area (Å²) in [5, 5.41) is 1.23. The van der Waals surface area contributed by atoms with Crippen molar-refractivity contribution >= 4 is 28.6 Å². The highest BCUT2D eigenvalue weighted by molar-refractivity contribution is 7.98. The number of fused-ring (bicyclic) bond motifs is 3. The van der Waals surface area contributed by atoms with Gasteiger partial charge in [-0.1, -0.05) is 30.3 Å². The molecular weight excluding hydrogens is 382 g/mol. The highest BCUT2D eigenvalue weighted by atomic mass is 32.2. The van der Waals surface area contributed by atoms with Gasteiger partial charge in [0.25, 0.3) is 5.91 Å². The average Bonchev–Trinajstić information content (AvgIpc) is 3.36. The Hall–Kier alpha value is -2.99. The minimum Gasteiger partial charge on any atom is -0.448 e. The van der Waals surface area contributed by atoms with Gasteiger partial charge in [0.15, 0.2) is 12.1 Å². The van der Waals surface area contributed by atoms with Crippen LogP contribution in [0.2, 0.25) is 0 Å². The summed E-state index contributed by atoms with van der Waals surface area (Å²) in [6.07, 6.45) is 4.21. The standard InChI is InChI=1S/C23H21N3O2S/c1-14-20(24-13-28-14)23(27)26-12-11-18-17-5-3-4-6-19(17)25-21(18)22(26)15-7-9-16(29-2)10-8-15/h3-10,13,22,25H,11-12H2,1-2H3/t22-/m0/s1. The number of H-pyrrole nitrogens is 1. The molecule has 5 rings (SSSR count). The summed E-state index contributed by atoms with van der Waals surface area (Å²) >= 11 is 1.71. The van der Waals surface area contributed by atoms with Crippen LogP contribution in [0.15, 0.2) is 64.2 Å². The van der Waals surface area contributed by atoms with Crippen molar-refractivity contribution in [3.8, 4) is 0 Å². The maximum absolute atomic E-state index is 13.4. The van der Waals surface area contributed by atoms with E-state index < -0.39 is 0 Å². The molecule has 0 unspecified atom stereocenters. The molecule has 0 saturated carbocycles. The van der Waals surface area contributed by atoms with Crippen LogP contribution < -0.4 is 0 Å². The van der Waals surface area contributed by atoms with E-state index in [0.29, 0.717) is 18.0 Å². The van der Waals surface area contributed by atoms with Crippen molar-refractivity contribution in [1.29, 1.82) is 0 Å². The van der Waals surface area contributed by atoms with Crippen molar-refractivity contribution in [2.24, 2.45) is 0 Å². The summed E-state index contributed by atoms with van der Waals surface area (Å²) in [7, 11) is 0. The number of aromatic nitrogens is 2. The summed E-state index contributed by atoms with van der Waals surface area (Å²) < 4.78 is 5.30. The number of benzene rings is 2. The van der Waals surface area contributed by atoms with Crippen molar-refractivity contribution in [3.63, 3.8) is 0 Å². The van der Waals surface area contributed by atoms with Gasteiger partial charge in [0, 0.05) is 28.0 Å². The van der Waals surface area contributed by atoms with Crippen LogP contribution in [0.4, 0.5) is 0 Å². The molecule has 1 N–H and O–H groups in total. The van der Waals surface area contributed by atoms with Crippen molar-refractivity contribution in [2.45, 2.75) is 24.3 Å². The highest BCUT2D eigenvalue weighted by Crippen LogP contribution is 2.39. The molecule has 0 bridgehead atoms. The first-order valence-corrected chi connectivity index (χ1v) is 10.8. The first-order chi connectivity index (χ1) is 14.2. The zero-order valence-electron chi connectivity index (χ0n) is 16.3. The number of hydrogen-bond acceptors (Lipinski definition) is 4. The number of thioether (sulfide) groups is 1. The average molecular weight is 404 g/mol. The number of aromatic amines is 1. The Balaban J connectivity index is 1.66. The molecule has 29 heavy (non-hydrogen) atoms. The van der Waals surface area contributed by atoms with Crippen LogP contribution in [0, 0.1) is 6.92 Å². The first-order valence-electron chi connectivity index (χ1n) is 9.62. The largest absolute Gasteiger partial charge is 0.448 e. The Kier molecular flexibility index (Phi) is 4.43. The van der Waals surface area contributed by atoms with Gasteiger partial charge in [0.2, 0.25) is 0 Å². The van der Waals surface area contributed by atoms with Gasteiger partial charge in [-0.25, -0.2) is 4.98 Å². The van der Waals surface area contributed by atoms with Crippen molar-refractivity contribution in [1.82, 2.24) is 14.9 Å². The zero-order valence-corrected chi connectivity index (χ0v) is 17.1. The molecule has 0 saturated heterocycles. The molecule has 1 aliphatic heterocycles. The Morgan fingerprint density at radius 3 is 2.72 bits per heavy atom. The molecule has 0 aliphatic carbocycles. The van der Waals surface area contributed by atoms with E-state index in [0.717, 1.165) is 23.2 Å². The van der Waals surface area contributed by atoms with E-state index in [1.165, 1.54) is 22.2 Å². The van der Waals surface area contributed by atoms with E-state index in [4.69, 9.17) is 4.42 Å². The molecule has 4 aromatic rings. The van der Waals surface area contributed by atoms with E-state index >= 15 is 0 Å². The molecule has 5 nitrogen and oxygen atoms in total. The normalized spacial score (nSPS) is 16.2. The molecule has 0 radical (unpaired) electrons. The predicted molar refractivity (Wildman–Crippen MR) is 114 cm³/mol. The first kappa shape index (κ1) is 18.1. The minimum atomic E-state index is -0.189. The van der Waals surface area contributed by atoms with Gasteiger partial charge >= 0.3 is 0 Å². The second kappa shape index (κ2) is 7.12. The molecule has 146 valence electrons. The third kappa shape index (κ3) is 2.95. The third-order valence-corrected chi connectivity index (χ3v) is 6.42. The molecule has 1 aliphatic rings. The SMILES string of the molecule is CSc1ccc([C@H]2c3[nH]c4ccccc4c3CCN2C(=O)c2ncoc2C)cc1. The topological polar surface area (TPSA) is 62.1 Å². The minimum absolute atomic E-state index is 0.0977. The number of amides is 1. The smallest absolute Gasteiger partial charge is 0.276 e. The van der Waals surface area contributed by atoms with Crippen molar-refractivity contribution < 1.29 is 9.21 Å². The number of rotatable bonds is 3. The quantitative estimate of drug-likeness (QED) is 0.491. The number of aryl methyl sites for hydroxylation is 1. The molecule has 1 amide bonds. The zero-order chi connectivity index (χ0) is 20.0. The monoisotopic (exact) mass is 403 g/mol. The Labute approximate surface area is 173 Å². The van der Waals surface area contributed by atoms with Gasteiger partial charge in [0.05, 0.1) is 6.04 Å². The van der Waals surface area contributed by atoms with Crippen LogP contribution in [0.3, 0.4) is 0 Å². The van der Waals surface area contributed by atoms with E-state index in [-0.39, 0.29) is 11.9 Å². The second-order valence-electron chi connectivity index (χ2n) is 7.24. The number of para-hydroxylation sites is 1. The lowest BCUT2D eigenvalue weighted by Gasteiger charge is -2.36. The summed E-state index contributed by atoms with van der Waals surface area (Å²) in [6, 6.07) is 16.6. The van der Waals surface area contributed by atoms with Crippen LogP contribution in [-0.2, 0) is 6.42 Å². The number of oxazole rings is 1. The fourth-order valence-electron chi connectivity index (χ4n) is 4.24. The van der Waals surface area contributed by atoms with E-state index in [1.807, 2.05) is 11.0 Å². The summed E-state index contributed by atoms with van der Waals surface area (Å²) in [4.78, 5) is 24.3. The van der Waals surface area contributed by atoms with Gasteiger partial charge in [-0.05, 0) is 48.9 Å². The lowest BCUT2D eigenvalue weighted by molar-refractivity contribution is 0.0685. The molecule has 0 fully saturated rings. The lowest BCUT2D eigenvalue weighted by atomic mass is 9.92. The number of nitrogens with one attached hydrogen (secondary N) is 1. The number of nitrogens with zero attached hydrogens (tertiary/aromatic N) is 2. The molecule has 0 spiro atoms. The maximum atomic E-state index is 13.4. The highest BCUT2D eigenvalue weighted by Gasteiger charge is 2.36. The fourth-order valence-corrected chi connectivity index (χ4v) is 4.65. The third-order valence-electron chi connectivity index (χ3n) is 5.67. The van der Waals surface area contributed by atoms with E-state index in [2.05, 4.69) is 58.7 Å². The van der Waals surface area contributed by atoms with Crippen molar-refractivity contribution in [3.05, 3.63) is 83.2 Å². The lowest BCUT2D eigenvalue weighted by Crippen LogP contribution is -2.41. The Bertz CT molecular complexity index is 1190. The van der Waals surface area contributed by atoms with E-state index in [1.54, 1.807) is 18.7 Å². The van der Waals surface area contributed by atoms with Crippen LogP contribution in [-0.4, -0.2) is 33.6 Å². The van der Waals surface area contributed by atoms with E-state index in [9.17, 15) is 4.79 Å². The Morgan fingerprint density at radius 1 is 1.21 bits per heavy atom. The summed E-state index contributed by atoms with van der Waals surface area (Å²) in [6.45, 7) is 2.41. The van der Waals surface area contributed by atoms with Gasteiger partial charge in [-0.2, -0.15) is 0 Å². The molecule has 6 heteroatoms.